The lowest BCUT2D eigenvalue weighted by atomic mass is 10.0. The fraction of sp³-hybridized carbons (Fsp3) is 0.0968. The van der Waals surface area contributed by atoms with E-state index in [0.717, 1.165) is 39.3 Å². The molecule has 4 aromatic carbocycles. The Hall–Kier alpha value is -3.93. The molecule has 0 aliphatic rings. The average molecular weight is 545 g/mol. The lowest BCUT2D eigenvalue weighted by Gasteiger charge is -2.09. The standard InChI is InChI=1S/C31H23Cl2FN2O2/c32-26-13-14-27(28(33)16-26)29-19-36(18-22-5-11-25(12-6-22)31(37)38)30(35-29)15-20-1-7-23(8-2-20)24-9-3-21(17-34)4-10-24/h1-14,16,19H,15,17-18H2,(H,37,38). The molecular formula is C31H23Cl2FN2O2. The smallest absolute Gasteiger partial charge is 0.335 e. The number of carboxylic acid groups (broad SMARTS) is 1. The summed E-state index contributed by atoms with van der Waals surface area (Å²) in [6.07, 6.45) is 2.54. The molecule has 0 atom stereocenters. The van der Waals surface area contributed by atoms with Gasteiger partial charge in [0.25, 0.3) is 0 Å². The second kappa shape index (κ2) is 11.2. The summed E-state index contributed by atoms with van der Waals surface area (Å²) in [5.74, 6) is -0.116. The van der Waals surface area contributed by atoms with E-state index >= 15 is 0 Å². The molecule has 0 spiro atoms. The van der Waals surface area contributed by atoms with Crippen LogP contribution in [0.3, 0.4) is 0 Å². The number of rotatable bonds is 8. The third-order valence-electron chi connectivity index (χ3n) is 6.38. The topological polar surface area (TPSA) is 55.1 Å². The second-order valence-electron chi connectivity index (χ2n) is 9.00. The third-order valence-corrected chi connectivity index (χ3v) is 6.93. The minimum absolute atomic E-state index is 0.243. The van der Waals surface area contributed by atoms with Crippen molar-refractivity contribution in [3.63, 3.8) is 0 Å². The van der Waals surface area contributed by atoms with Crippen LogP contribution in [0.2, 0.25) is 10.0 Å². The Bertz CT molecular complexity index is 1580. The van der Waals surface area contributed by atoms with Gasteiger partial charge in [-0.15, -0.1) is 0 Å². The fourth-order valence-electron chi connectivity index (χ4n) is 4.29. The van der Waals surface area contributed by atoms with Crippen LogP contribution in [-0.2, 0) is 19.6 Å². The number of imidazole rings is 1. The summed E-state index contributed by atoms with van der Waals surface area (Å²) in [5, 5.41) is 10.3. The maximum absolute atomic E-state index is 12.8. The van der Waals surface area contributed by atoms with Gasteiger partial charge < -0.3 is 9.67 Å². The first-order valence-electron chi connectivity index (χ1n) is 12.0. The van der Waals surface area contributed by atoms with Crippen molar-refractivity contribution in [3.8, 4) is 22.4 Å². The summed E-state index contributed by atoms with van der Waals surface area (Å²) in [6, 6.07) is 27.8. The maximum Gasteiger partial charge on any atom is 0.335 e. The van der Waals surface area contributed by atoms with Crippen LogP contribution in [0.1, 0.15) is 32.9 Å². The number of carboxylic acids is 1. The molecule has 1 aromatic heterocycles. The summed E-state index contributed by atoms with van der Waals surface area (Å²) < 4.78 is 14.9. The van der Waals surface area contributed by atoms with Crippen molar-refractivity contribution in [1.29, 1.82) is 0 Å². The van der Waals surface area contributed by atoms with Crippen molar-refractivity contribution in [2.75, 3.05) is 0 Å². The SMILES string of the molecule is O=C(O)c1ccc(Cn2cc(-c3ccc(Cl)cc3Cl)nc2Cc2ccc(-c3ccc(CF)cc3)cc2)cc1. The van der Waals surface area contributed by atoms with Gasteiger partial charge >= 0.3 is 5.97 Å². The molecule has 0 saturated carbocycles. The number of benzene rings is 4. The molecular weight excluding hydrogens is 522 g/mol. The normalized spacial score (nSPS) is 11.0. The van der Waals surface area contributed by atoms with Crippen LogP contribution < -0.4 is 0 Å². The van der Waals surface area contributed by atoms with Gasteiger partial charge in [-0.3, -0.25) is 0 Å². The molecule has 0 saturated heterocycles. The second-order valence-corrected chi connectivity index (χ2v) is 9.84. The van der Waals surface area contributed by atoms with Crippen LogP contribution in [0.4, 0.5) is 4.39 Å². The van der Waals surface area contributed by atoms with Crippen LogP contribution in [0.15, 0.2) is 97.2 Å². The van der Waals surface area contributed by atoms with E-state index in [1.807, 2.05) is 36.5 Å². The van der Waals surface area contributed by atoms with E-state index < -0.39 is 12.6 Å². The van der Waals surface area contributed by atoms with E-state index in [4.69, 9.17) is 28.2 Å². The molecule has 7 heteroatoms. The van der Waals surface area contributed by atoms with E-state index in [1.54, 1.807) is 36.4 Å². The summed E-state index contributed by atoms with van der Waals surface area (Å²) in [5.41, 5.74) is 6.52. The lowest BCUT2D eigenvalue weighted by molar-refractivity contribution is 0.0697. The summed E-state index contributed by atoms with van der Waals surface area (Å²) in [6.45, 7) is 0.0469. The summed E-state index contributed by atoms with van der Waals surface area (Å²) in [4.78, 5) is 16.1. The first-order chi connectivity index (χ1) is 18.4. The van der Waals surface area contributed by atoms with Crippen molar-refractivity contribution in [1.82, 2.24) is 9.55 Å². The van der Waals surface area contributed by atoms with Crippen LogP contribution in [0.5, 0.6) is 0 Å². The van der Waals surface area contributed by atoms with Crippen LogP contribution in [0.25, 0.3) is 22.4 Å². The Morgan fingerprint density at radius 3 is 2.00 bits per heavy atom. The third kappa shape index (κ3) is 5.80. The molecule has 0 unspecified atom stereocenters. The van der Waals surface area contributed by atoms with E-state index in [1.165, 1.54) is 0 Å². The highest BCUT2D eigenvalue weighted by Gasteiger charge is 2.14. The number of halogens is 3. The number of aromatic carboxylic acids is 1. The molecule has 0 amide bonds. The van der Waals surface area contributed by atoms with Crippen molar-refractivity contribution in [3.05, 3.63) is 135 Å². The molecule has 38 heavy (non-hydrogen) atoms. The molecule has 1 heterocycles. The summed E-state index contributed by atoms with van der Waals surface area (Å²) >= 11 is 12.6. The van der Waals surface area contributed by atoms with Crippen molar-refractivity contribution >= 4 is 29.2 Å². The molecule has 190 valence electrons. The molecule has 0 aliphatic heterocycles. The molecule has 0 aliphatic carbocycles. The lowest BCUT2D eigenvalue weighted by Crippen LogP contribution is -2.05. The molecule has 5 aromatic rings. The van der Waals surface area contributed by atoms with Gasteiger partial charge in [0.05, 0.1) is 16.3 Å². The predicted octanol–water partition coefficient (Wildman–Crippen LogP) is 8.33. The van der Waals surface area contributed by atoms with Gasteiger partial charge in [-0.05, 0) is 58.1 Å². The Kier molecular flexibility index (Phi) is 7.59. The number of alkyl halides is 1. The zero-order chi connectivity index (χ0) is 26.6. The Morgan fingerprint density at radius 1 is 0.816 bits per heavy atom. The van der Waals surface area contributed by atoms with Gasteiger partial charge in [-0.25, -0.2) is 14.2 Å². The van der Waals surface area contributed by atoms with Crippen LogP contribution in [-0.4, -0.2) is 20.6 Å². The fourth-order valence-corrected chi connectivity index (χ4v) is 4.80. The highest BCUT2D eigenvalue weighted by atomic mass is 35.5. The Morgan fingerprint density at radius 2 is 1.42 bits per heavy atom. The van der Waals surface area contributed by atoms with Gasteiger partial charge in [-0.1, -0.05) is 83.9 Å². The maximum atomic E-state index is 12.8. The Labute approximate surface area is 229 Å². The first-order valence-corrected chi connectivity index (χ1v) is 12.7. The van der Waals surface area contributed by atoms with Crippen LogP contribution >= 0.6 is 23.2 Å². The monoisotopic (exact) mass is 544 g/mol. The molecule has 0 radical (unpaired) electrons. The number of hydrogen-bond donors (Lipinski definition) is 1. The molecule has 4 nitrogen and oxygen atoms in total. The van der Waals surface area contributed by atoms with Crippen molar-refractivity contribution in [2.24, 2.45) is 0 Å². The number of carbonyl (C=O) groups is 1. The molecule has 5 rings (SSSR count). The van der Waals surface area contributed by atoms with Crippen LogP contribution in [0, 0.1) is 0 Å². The number of hydrogen-bond acceptors (Lipinski definition) is 2. The van der Waals surface area contributed by atoms with E-state index in [9.17, 15) is 14.3 Å². The largest absolute Gasteiger partial charge is 0.478 e. The first kappa shape index (κ1) is 25.7. The van der Waals surface area contributed by atoms with Gasteiger partial charge in [0.15, 0.2) is 0 Å². The average Bonchev–Trinajstić information content (AvgIpc) is 3.31. The van der Waals surface area contributed by atoms with Crippen molar-refractivity contribution < 1.29 is 14.3 Å². The highest BCUT2D eigenvalue weighted by Crippen LogP contribution is 2.31. The quantitative estimate of drug-likeness (QED) is 0.213. The summed E-state index contributed by atoms with van der Waals surface area (Å²) in [7, 11) is 0. The van der Waals surface area contributed by atoms with Gasteiger partial charge in [0, 0.05) is 29.7 Å². The zero-order valence-corrected chi connectivity index (χ0v) is 21.8. The number of nitrogens with zero attached hydrogens (tertiary/aromatic N) is 2. The molecule has 0 bridgehead atoms. The molecule has 1 N–H and O–H groups in total. The number of aromatic nitrogens is 2. The van der Waals surface area contributed by atoms with Gasteiger partial charge in [0.2, 0.25) is 0 Å². The van der Waals surface area contributed by atoms with E-state index in [2.05, 4.69) is 28.8 Å². The van der Waals surface area contributed by atoms with Gasteiger partial charge in [0.1, 0.15) is 12.5 Å². The van der Waals surface area contributed by atoms with Gasteiger partial charge in [-0.2, -0.15) is 0 Å². The van der Waals surface area contributed by atoms with Crippen molar-refractivity contribution in [2.45, 2.75) is 19.6 Å². The van der Waals surface area contributed by atoms with E-state index in [-0.39, 0.29) is 5.56 Å². The van der Waals surface area contributed by atoms with E-state index in [0.29, 0.717) is 28.6 Å². The Balaban J connectivity index is 1.45. The minimum Gasteiger partial charge on any atom is -0.478 e. The highest BCUT2D eigenvalue weighted by molar-refractivity contribution is 6.36. The zero-order valence-electron chi connectivity index (χ0n) is 20.2. The minimum atomic E-state index is -0.957. The predicted molar refractivity (Wildman–Crippen MR) is 150 cm³/mol. The molecule has 0 fully saturated rings.